The first kappa shape index (κ1) is 13.9. The van der Waals surface area contributed by atoms with E-state index in [0.29, 0.717) is 0 Å². The molecule has 0 aliphatic heterocycles. The van der Waals surface area contributed by atoms with Crippen LogP contribution in [0.15, 0.2) is 36.5 Å². The number of fused-ring (bicyclic) bond motifs is 1. The summed E-state index contributed by atoms with van der Waals surface area (Å²) in [5.74, 6) is 0. The van der Waals surface area contributed by atoms with Crippen LogP contribution in [0.1, 0.15) is 23.4 Å². The first-order chi connectivity index (χ1) is 10.2. The quantitative estimate of drug-likeness (QED) is 0.682. The fraction of sp³-hybridized carbons (Fsp3) is 0.353. The molecule has 0 aliphatic rings. The summed E-state index contributed by atoms with van der Waals surface area (Å²) in [6.07, 6.45) is 3.18. The molecule has 0 bridgehead atoms. The number of nitrogens with one attached hydrogen (secondary N) is 2. The molecular formula is C17H22N4. The van der Waals surface area contributed by atoms with Crippen LogP contribution in [-0.4, -0.2) is 21.3 Å². The van der Waals surface area contributed by atoms with Crippen molar-refractivity contribution >= 4 is 10.9 Å². The van der Waals surface area contributed by atoms with Gasteiger partial charge in [-0.3, -0.25) is 4.68 Å². The van der Waals surface area contributed by atoms with Gasteiger partial charge >= 0.3 is 0 Å². The lowest BCUT2D eigenvalue weighted by Gasteiger charge is -2.06. The largest absolute Gasteiger partial charge is 0.361 e. The van der Waals surface area contributed by atoms with Crippen molar-refractivity contribution in [2.45, 2.75) is 33.4 Å². The Kier molecular flexibility index (Phi) is 4.06. The lowest BCUT2D eigenvalue weighted by molar-refractivity contribution is 0.532. The smallest absolute Gasteiger partial charge is 0.0596 e. The number of H-pyrrole nitrogens is 1. The number of nitrogens with zero attached hydrogens (tertiary/aromatic N) is 2. The van der Waals surface area contributed by atoms with Gasteiger partial charge in [0.15, 0.2) is 0 Å². The molecule has 2 heterocycles. The molecular weight excluding hydrogens is 260 g/mol. The number of para-hydroxylation sites is 1. The van der Waals surface area contributed by atoms with Gasteiger partial charge in [0.05, 0.1) is 5.69 Å². The number of aromatic amines is 1. The molecule has 0 radical (unpaired) electrons. The summed E-state index contributed by atoms with van der Waals surface area (Å²) in [5.41, 5.74) is 4.87. The zero-order valence-electron chi connectivity index (χ0n) is 12.7. The Morgan fingerprint density at radius 3 is 2.90 bits per heavy atom. The lowest BCUT2D eigenvalue weighted by Crippen LogP contribution is -2.17. The van der Waals surface area contributed by atoms with E-state index in [9.17, 15) is 0 Å². The number of benzene rings is 1. The van der Waals surface area contributed by atoms with Gasteiger partial charge in [0.2, 0.25) is 0 Å². The third kappa shape index (κ3) is 3.16. The van der Waals surface area contributed by atoms with Crippen LogP contribution in [-0.2, 0) is 13.1 Å². The predicted molar refractivity (Wildman–Crippen MR) is 86.3 cm³/mol. The molecule has 0 fully saturated rings. The van der Waals surface area contributed by atoms with Crippen LogP contribution in [0, 0.1) is 13.8 Å². The second-order valence-corrected chi connectivity index (χ2v) is 5.54. The summed E-state index contributed by atoms with van der Waals surface area (Å²) < 4.78 is 2.09. The maximum Gasteiger partial charge on any atom is 0.0596 e. The summed E-state index contributed by atoms with van der Waals surface area (Å²) in [5, 5.41) is 9.31. The molecule has 0 atom stereocenters. The van der Waals surface area contributed by atoms with Crippen LogP contribution in [0.4, 0.5) is 0 Å². The average molecular weight is 282 g/mol. The van der Waals surface area contributed by atoms with Crippen molar-refractivity contribution in [1.82, 2.24) is 20.1 Å². The first-order valence-corrected chi connectivity index (χ1v) is 7.51. The Bertz CT molecular complexity index is 723. The maximum atomic E-state index is 4.48. The van der Waals surface area contributed by atoms with Crippen molar-refractivity contribution in [3.8, 4) is 0 Å². The van der Waals surface area contributed by atoms with Gasteiger partial charge in [-0.2, -0.15) is 5.10 Å². The summed E-state index contributed by atoms with van der Waals surface area (Å²) in [7, 11) is 0. The summed E-state index contributed by atoms with van der Waals surface area (Å²) in [6, 6.07) is 10.5. The van der Waals surface area contributed by atoms with Crippen molar-refractivity contribution in [2.75, 3.05) is 6.54 Å². The molecule has 0 unspecified atom stereocenters. The lowest BCUT2D eigenvalue weighted by atomic mass is 10.2. The third-order valence-corrected chi connectivity index (χ3v) is 3.82. The highest BCUT2D eigenvalue weighted by Crippen LogP contribution is 2.17. The molecule has 1 aromatic carbocycles. The van der Waals surface area contributed by atoms with Gasteiger partial charge < -0.3 is 10.3 Å². The van der Waals surface area contributed by atoms with Gasteiger partial charge in [-0.15, -0.1) is 0 Å². The van der Waals surface area contributed by atoms with Gasteiger partial charge in [0.25, 0.3) is 0 Å². The standard InChI is InChI=1S/C17H22N4/c1-13-10-14(2)21(20-13)9-5-8-18-11-15-12-19-17-7-4-3-6-16(15)17/h3-4,6-7,10,12,18-19H,5,8-9,11H2,1-2H3. The minimum Gasteiger partial charge on any atom is -0.361 e. The molecule has 3 rings (SSSR count). The van der Waals surface area contributed by atoms with E-state index in [4.69, 9.17) is 0 Å². The molecule has 0 spiro atoms. The molecule has 0 aliphatic carbocycles. The van der Waals surface area contributed by atoms with Gasteiger partial charge in [-0.05, 0) is 44.5 Å². The van der Waals surface area contributed by atoms with Crippen molar-refractivity contribution in [1.29, 1.82) is 0 Å². The van der Waals surface area contributed by atoms with Gasteiger partial charge in [-0.1, -0.05) is 18.2 Å². The molecule has 21 heavy (non-hydrogen) atoms. The Balaban J connectivity index is 1.47. The van der Waals surface area contributed by atoms with E-state index in [1.165, 1.54) is 22.2 Å². The molecule has 3 aromatic rings. The highest BCUT2D eigenvalue weighted by molar-refractivity contribution is 5.82. The number of aromatic nitrogens is 3. The molecule has 4 heteroatoms. The summed E-state index contributed by atoms with van der Waals surface area (Å²) in [6.45, 7) is 7.03. The Hall–Kier alpha value is -2.07. The highest BCUT2D eigenvalue weighted by Gasteiger charge is 2.03. The topological polar surface area (TPSA) is 45.6 Å². The van der Waals surface area contributed by atoms with E-state index in [0.717, 1.165) is 31.7 Å². The minimum atomic E-state index is 0.904. The second kappa shape index (κ2) is 6.14. The van der Waals surface area contributed by atoms with E-state index in [-0.39, 0.29) is 0 Å². The SMILES string of the molecule is Cc1cc(C)n(CCCNCc2c[nH]c3ccccc23)n1. The molecule has 0 amide bonds. The first-order valence-electron chi connectivity index (χ1n) is 7.51. The third-order valence-electron chi connectivity index (χ3n) is 3.82. The van der Waals surface area contributed by atoms with E-state index in [2.05, 4.69) is 63.5 Å². The fourth-order valence-corrected chi connectivity index (χ4v) is 2.76. The minimum absolute atomic E-state index is 0.904. The number of hydrogen-bond donors (Lipinski definition) is 2. The van der Waals surface area contributed by atoms with Crippen LogP contribution < -0.4 is 5.32 Å². The van der Waals surface area contributed by atoms with Crippen LogP contribution >= 0.6 is 0 Å². The summed E-state index contributed by atoms with van der Waals surface area (Å²) >= 11 is 0. The summed E-state index contributed by atoms with van der Waals surface area (Å²) in [4.78, 5) is 3.31. The normalized spacial score (nSPS) is 11.3. The van der Waals surface area contributed by atoms with Gasteiger partial charge in [0.1, 0.15) is 0 Å². The van der Waals surface area contributed by atoms with E-state index in [1.807, 2.05) is 6.92 Å². The van der Waals surface area contributed by atoms with Crippen molar-refractivity contribution in [3.05, 3.63) is 53.5 Å². The number of rotatable bonds is 6. The second-order valence-electron chi connectivity index (χ2n) is 5.54. The van der Waals surface area contributed by atoms with Gasteiger partial charge in [0, 0.05) is 35.9 Å². The molecule has 110 valence electrons. The Morgan fingerprint density at radius 2 is 2.10 bits per heavy atom. The number of hydrogen-bond acceptors (Lipinski definition) is 2. The van der Waals surface area contributed by atoms with Crippen molar-refractivity contribution in [3.63, 3.8) is 0 Å². The Labute approximate surface area is 125 Å². The van der Waals surface area contributed by atoms with Crippen LogP contribution in [0.25, 0.3) is 10.9 Å². The monoisotopic (exact) mass is 282 g/mol. The molecule has 2 aromatic heterocycles. The zero-order valence-corrected chi connectivity index (χ0v) is 12.7. The van der Waals surface area contributed by atoms with Gasteiger partial charge in [-0.25, -0.2) is 0 Å². The number of aryl methyl sites for hydroxylation is 3. The molecule has 0 saturated carbocycles. The zero-order chi connectivity index (χ0) is 14.7. The fourth-order valence-electron chi connectivity index (χ4n) is 2.76. The van der Waals surface area contributed by atoms with Crippen LogP contribution in [0.2, 0.25) is 0 Å². The van der Waals surface area contributed by atoms with Crippen molar-refractivity contribution < 1.29 is 0 Å². The molecule has 2 N–H and O–H groups in total. The van der Waals surface area contributed by atoms with Crippen LogP contribution in [0.3, 0.4) is 0 Å². The molecule has 0 saturated heterocycles. The van der Waals surface area contributed by atoms with E-state index in [1.54, 1.807) is 0 Å². The van der Waals surface area contributed by atoms with E-state index < -0.39 is 0 Å². The highest BCUT2D eigenvalue weighted by atomic mass is 15.3. The molecule has 4 nitrogen and oxygen atoms in total. The van der Waals surface area contributed by atoms with Crippen LogP contribution in [0.5, 0.6) is 0 Å². The predicted octanol–water partition coefficient (Wildman–Crippen LogP) is 3.16. The van der Waals surface area contributed by atoms with E-state index >= 15 is 0 Å². The maximum absolute atomic E-state index is 4.48. The van der Waals surface area contributed by atoms with Crippen molar-refractivity contribution in [2.24, 2.45) is 0 Å². The average Bonchev–Trinajstić information content (AvgIpc) is 3.02. The Morgan fingerprint density at radius 1 is 1.24 bits per heavy atom.